The fraction of sp³-hybridized carbons (Fsp3) is 0.0909. The van der Waals surface area contributed by atoms with E-state index in [1.807, 2.05) is 0 Å². The largest absolute Gasteiger partial charge is 0.476 e. The smallest absolute Gasteiger partial charge is 0.399 e. The molecule has 0 saturated carbocycles. The zero-order valence-electron chi connectivity index (χ0n) is 9.73. The van der Waals surface area contributed by atoms with Crippen molar-refractivity contribution in [3.8, 4) is 11.8 Å². The summed E-state index contributed by atoms with van der Waals surface area (Å²) in [6.07, 6.45) is 1.72. The van der Waals surface area contributed by atoms with Gasteiger partial charge in [0.15, 0.2) is 15.5 Å². The van der Waals surface area contributed by atoms with Gasteiger partial charge in [-0.2, -0.15) is 4.98 Å². The van der Waals surface area contributed by atoms with E-state index < -0.39 is 15.8 Å². The third-order valence-corrected chi connectivity index (χ3v) is 3.25. The van der Waals surface area contributed by atoms with Gasteiger partial charge in [-0.05, 0) is 18.2 Å². The van der Waals surface area contributed by atoms with Gasteiger partial charge in [0.25, 0.3) is 0 Å². The van der Waals surface area contributed by atoms with Crippen LogP contribution in [0.2, 0.25) is 0 Å². The summed E-state index contributed by atoms with van der Waals surface area (Å²) < 4.78 is 32.6. The Labute approximate surface area is 108 Å². The maximum Gasteiger partial charge on any atom is 0.399 e. The fourth-order valence-corrected chi connectivity index (χ4v) is 1.93. The van der Waals surface area contributed by atoms with Crippen LogP contribution >= 0.6 is 0 Å². The standard InChI is InChI=1S/C11H9NO6S/c1-19(15,16)8-4-2-3-7(5-8)18-11-12-9(6-17-11)10(13)14/h2-6H,1H3,(H,13,14). The Kier molecular flexibility index (Phi) is 3.26. The molecule has 0 aliphatic heterocycles. The highest BCUT2D eigenvalue weighted by atomic mass is 32.2. The van der Waals surface area contributed by atoms with Crippen LogP contribution in [0.4, 0.5) is 0 Å². The monoisotopic (exact) mass is 283 g/mol. The molecule has 0 aliphatic carbocycles. The number of ether oxygens (including phenoxy) is 1. The third kappa shape index (κ3) is 3.10. The van der Waals surface area contributed by atoms with Crippen molar-refractivity contribution in [1.82, 2.24) is 4.98 Å². The topological polar surface area (TPSA) is 107 Å². The molecule has 1 heterocycles. The molecular formula is C11H9NO6S. The number of aromatic carboxylic acids is 1. The molecule has 19 heavy (non-hydrogen) atoms. The number of benzene rings is 1. The first-order valence-corrected chi connectivity index (χ1v) is 6.92. The quantitative estimate of drug-likeness (QED) is 0.907. The van der Waals surface area contributed by atoms with Gasteiger partial charge in [0.1, 0.15) is 12.0 Å². The number of hydrogen-bond acceptors (Lipinski definition) is 6. The first-order chi connectivity index (χ1) is 8.86. The highest BCUT2D eigenvalue weighted by Crippen LogP contribution is 2.23. The molecule has 0 unspecified atom stereocenters. The molecule has 1 N–H and O–H groups in total. The summed E-state index contributed by atoms with van der Waals surface area (Å²) in [6.45, 7) is 0. The Morgan fingerprint density at radius 2 is 2.16 bits per heavy atom. The highest BCUT2D eigenvalue weighted by Gasteiger charge is 2.13. The molecule has 0 saturated heterocycles. The predicted molar refractivity (Wildman–Crippen MR) is 63.1 cm³/mol. The zero-order valence-corrected chi connectivity index (χ0v) is 10.5. The van der Waals surface area contributed by atoms with Crippen LogP contribution in [0.3, 0.4) is 0 Å². The van der Waals surface area contributed by atoms with E-state index >= 15 is 0 Å². The number of nitrogens with zero attached hydrogens (tertiary/aromatic N) is 1. The van der Waals surface area contributed by atoms with Gasteiger partial charge in [-0.3, -0.25) is 0 Å². The number of carbonyl (C=O) groups is 1. The average Bonchev–Trinajstić information content (AvgIpc) is 2.77. The fourth-order valence-electron chi connectivity index (χ4n) is 1.27. The van der Waals surface area contributed by atoms with Crippen molar-refractivity contribution < 1.29 is 27.5 Å². The molecule has 0 spiro atoms. The van der Waals surface area contributed by atoms with E-state index in [2.05, 4.69) is 4.98 Å². The summed E-state index contributed by atoms with van der Waals surface area (Å²) in [4.78, 5) is 14.2. The van der Waals surface area contributed by atoms with Crippen LogP contribution < -0.4 is 4.74 Å². The second kappa shape index (κ2) is 4.73. The van der Waals surface area contributed by atoms with E-state index in [0.717, 1.165) is 12.5 Å². The molecule has 2 aromatic rings. The molecule has 0 radical (unpaired) electrons. The number of hydrogen-bond donors (Lipinski definition) is 1. The SMILES string of the molecule is CS(=O)(=O)c1cccc(Oc2nc(C(=O)O)co2)c1. The first-order valence-electron chi connectivity index (χ1n) is 5.03. The van der Waals surface area contributed by atoms with Crippen molar-refractivity contribution in [2.24, 2.45) is 0 Å². The summed E-state index contributed by atoms with van der Waals surface area (Å²) >= 11 is 0. The van der Waals surface area contributed by atoms with Gasteiger partial charge >= 0.3 is 12.0 Å². The number of sulfone groups is 1. The van der Waals surface area contributed by atoms with Gasteiger partial charge in [0.05, 0.1) is 4.90 Å². The number of carboxylic acids is 1. The normalized spacial score (nSPS) is 11.2. The average molecular weight is 283 g/mol. The van der Waals surface area contributed by atoms with Gasteiger partial charge in [0.2, 0.25) is 0 Å². The molecule has 7 nitrogen and oxygen atoms in total. The number of aromatic nitrogens is 1. The molecule has 1 aromatic heterocycles. The minimum atomic E-state index is -3.35. The number of rotatable bonds is 4. The molecule has 0 bridgehead atoms. The van der Waals surface area contributed by atoms with Crippen molar-refractivity contribution in [2.45, 2.75) is 4.90 Å². The van der Waals surface area contributed by atoms with E-state index in [1.54, 1.807) is 0 Å². The second-order valence-electron chi connectivity index (χ2n) is 3.65. The van der Waals surface area contributed by atoms with Crippen molar-refractivity contribution >= 4 is 15.8 Å². The molecule has 100 valence electrons. The van der Waals surface area contributed by atoms with Crippen LogP contribution in [0.25, 0.3) is 0 Å². The third-order valence-electron chi connectivity index (χ3n) is 2.14. The van der Waals surface area contributed by atoms with Crippen LogP contribution in [-0.4, -0.2) is 30.7 Å². The number of oxazole rings is 1. The van der Waals surface area contributed by atoms with Crippen LogP contribution in [0.5, 0.6) is 11.8 Å². The Hall–Kier alpha value is -2.35. The lowest BCUT2D eigenvalue weighted by Gasteiger charge is -2.02. The first kappa shape index (κ1) is 13.1. The zero-order chi connectivity index (χ0) is 14.0. The molecule has 0 atom stereocenters. The summed E-state index contributed by atoms with van der Waals surface area (Å²) in [5.74, 6) is -1.06. The van der Waals surface area contributed by atoms with E-state index in [4.69, 9.17) is 14.3 Å². The maximum absolute atomic E-state index is 11.4. The lowest BCUT2D eigenvalue weighted by atomic mass is 10.3. The molecule has 2 rings (SSSR count). The second-order valence-corrected chi connectivity index (χ2v) is 5.67. The Morgan fingerprint density at radius 3 is 2.74 bits per heavy atom. The van der Waals surface area contributed by atoms with Crippen molar-refractivity contribution in [1.29, 1.82) is 0 Å². The molecule has 0 fully saturated rings. The number of carboxylic acid groups (broad SMARTS) is 1. The molecule has 8 heteroatoms. The van der Waals surface area contributed by atoms with Gasteiger partial charge in [-0.15, -0.1) is 0 Å². The minimum Gasteiger partial charge on any atom is -0.476 e. The molecular weight excluding hydrogens is 274 g/mol. The van der Waals surface area contributed by atoms with E-state index in [1.165, 1.54) is 24.3 Å². The maximum atomic E-state index is 11.4. The van der Waals surface area contributed by atoms with Crippen LogP contribution in [-0.2, 0) is 9.84 Å². The summed E-state index contributed by atoms with van der Waals surface area (Å²) in [5, 5.41) is 8.66. The van der Waals surface area contributed by atoms with Crippen molar-refractivity contribution in [3.05, 3.63) is 36.2 Å². The molecule has 0 amide bonds. The van der Waals surface area contributed by atoms with Crippen LogP contribution in [0.1, 0.15) is 10.5 Å². The van der Waals surface area contributed by atoms with Crippen LogP contribution in [0.15, 0.2) is 39.8 Å². The van der Waals surface area contributed by atoms with Gasteiger partial charge < -0.3 is 14.3 Å². The molecule has 0 aliphatic rings. The molecule has 1 aromatic carbocycles. The van der Waals surface area contributed by atoms with Crippen molar-refractivity contribution in [3.63, 3.8) is 0 Å². The summed E-state index contributed by atoms with van der Waals surface area (Å²) in [7, 11) is -3.35. The summed E-state index contributed by atoms with van der Waals surface area (Å²) in [5.41, 5.74) is -0.297. The van der Waals surface area contributed by atoms with Crippen molar-refractivity contribution in [2.75, 3.05) is 6.26 Å². The van der Waals surface area contributed by atoms with Gasteiger partial charge in [-0.25, -0.2) is 13.2 Å². The Morgan fingerprint density at radius 1 is 1.42 bits per heavy atom. The Bertz CT molecular complexity index is 718. The Balaban J connectivity index is 2.26. The van der Waals surface area contributed by atoms with E-state index in [9.17, 15) is 13.2 Å². The highest BCUT2D eigenvalue weighted by molar-refractivity contribution is 7.90. The minimum absolute atomic E-state index is 0.0787. The van der Waals surface area contributed by atoms with Gasteiger partial charge in [-0.1, -0.05) is 6.07 Å². The van der Waals surface area contributed by atoms with Crippen LogP contribution in [0, 0.1) is 0 Å². The lowest BCUT2D eigenvalue weighted by molar-refractivity contribution is 0.0690. The van der Waals surface area contributed by atoms with E-state index in [0.29, 0.717) is 0 Å². The summed E-state index contributed by atoms with van der Waals surface area (Å²) in [6, 6.07) is 5.70. The van der Waals surface area contributed by atoms with Gasteiger partial charge in [0, 0.05) is 6.26 Å². The van der Waals surface area contributed by atoms with E-state index in [-0.39, 0.29) is 22.4 Å². The lowest BCUT2D eigenvalue weighted by Crippen LogP contribution is -1.97. The predicted octanol–water partition coefficient (Wildman–Crippen LogP) is 1.57.